The lowest BCUT2D eigenvalue weighted by Crippen LogP contribution is -3.14. The Labute approximate surface area is 209 Å². The maximum atomic E-state index is 13.3. The molecule has 5 rings (SSSR count). The average molecular weight is 496 g/mol. The molecular formula is C27H31N2O7+. The summed E-state index contributed by atoms with van der Waals surface area (Å²) in [5, 5.41) is 11.4. The zero-order valence-corrected chi connectivity index (χ0v) is 20.3. The number of likely N-dealkylation sites (tertiary alicyclic amines) is 1. The van der Waals surface area contributed by atoms with Crippen molar-refractivity contribution in [2.45, 2.75) is 13.0 Å². The van der Waals surface area contributed by atoms with Crippen molar-refractivity contribution < 1.29 is 38.5 Å². The Bertz CT molecular complexity index is 1160. The Balaban J connectivity index is 1.52. The van der Waals surface area contributed by atoms with Crippen LogP contribution in [-0.4, -0.2) is 80.9 Å². The van der Waals surface area contributed by atoms with Gasteiger partial charge in [-0.15, -0.1) is 0 Å². The summed E-state index contributed by atoms with van der Waals surface area (Å²) in [4.78, 5) is 29.4. The third-order valence-electron chi connectivity index (χ3n) is 6.77. The Morgan fingerprint density at radius 1 is 1.03 bits per heavy atom. The van der Waals surface area contributed by atoms with Crippen LogP contribution in [0.2, 0.25) is 0 Å². The number of nitrogens with zero attached hydrogens (tertiary/aromatic N) is 1. The monoisotopic (exact) mass is 495 g/mol. The summed E-state index contributed by atoms with van der Waals surface area (Å²) in [5.41, 5.74) is 1.19. The number of quaternary nitrogens is 1. The van der Waals surface area contributed by atoms with Gasteiger partial charge in [0.05, 0.1) is 44.5 Å². The van der Waals surface area contributed by atoms with Gasteiger partial charge in [0.2, 0.25) is 0 Å². The number of benzene rings is 2. The minimum Gasteiger partial charge on any atom is -0.507 e. The number of nitrogens with one attached hydrogen (secondary N) is 1. The molecule has 0 unspecified atom stereocenters. The summed E-state index contributed by atoms with van der Waals surface area (Å²) in [6, 6.07) is 11.6. The van der Waals surface area contributed by atoms with E-state index in [0.717, 1.165) is 18.7 Å². The van der Waals surface area contributed by atoms with Gasteiger partial charge in [0.15, 0.2) is 11.5 Å². The van der Waals surface area contributed by atoms with Crippen molar-refractivity contribution in [1.29, 1.82) is 0 Å². The molecule has 2 saturated heterocycles. The Morgan fingerprint density at radius 3 is 2.47 bits per heavy atom. The zero-order chi connectivity index (χ0) is 25.1. The molecule has 2 N–H and O–H groups in total. The number of amides is 1. The molecule has 0 radical (unpaired) electrons. The van der Waals surface area contributed by atoms with Crippen LogP contribution in [0.5, 0.6) is 17.2 Å². The van der Waals surface area contributed by atoms with Crippen LogP contribution in [-0.2, 0) is 14.3 Å². The van der Waals surface area contributed by atoms with E-state index in [4.69, 9.17) is 18.9 Å². The van der Waals surface area contributed by atoms with Crippen LogP contribution in [0.4, 0.5) is 0 Å². The van der Waals surface area contributed by atoms with Gasteiger partial charge >= 0.3 is 0 Å². The lowest BCUT2D eigenvalue weighted by molar-refractivity contribution is -0.907. The van der Waals surface area contributed by atoms with E-state index < -0.39 is 17.7 Å². The van der Waals surface area contributed by atoms with E-state index in [2.05, 4.69) is 0 Å². The Kier molecular flexibility index (Phi) is 7.11. The van der Waals surface area contributed by atoms with Gasteiger partial charge in [-0.1, -0.05) is 12.1 Å². The van der Waals surface area contributed by atoms with Gasteiger partial charge in [0.1, 0.15) is 37.8 Å². The van der Waals surface area contributed by atoms with Crippen molar-refractivity contribution in [1.82, 2.24) is 4.90 Å². The SMILES string of the molecule is CCOc1ccc([C@@H]2C(=C(O)c3ccc4c(c3)OCCO4)C(=O)C(=O)N2CC[NH+]2CCOCC2)cc1. The highest BCUT2D eigenvalue weighted by molar-refractivity contribution is 6.46. The van der Waals surface area contributed by atoms with Crippen LogP contribution < -0.4 is 19.1 Å². The molecular weight excluding hydrogens is 464 g/mol. The molecule has 3 heterocycles. The zero-order valence-electron chi connectivity index (χ0n) is 20.3. The van der Waals surface area contributed by atoms with Crippen molar-refractivity contribution in [3.63, 3.8) is 0 Å². The van der Waals surface area contributed by atoms with Crippen LogP contribution in [0.15, 0.2) is 48.0 Å². The van der Waals surface area contributed by atoms with E-state index >= 15 is 0 Å². The third kappa shape index (κ3) is 4.76. The first kappa shape index (κ1) is 24.1. The third-order valence-corrected chi connectivity index (χ3v) is 6.77. The number of ether oxygens (including phenoxy) is 4. The minimum atomic E-state index is -0.714. The predicted octanol–water partition coefficient (Wildman–Crippen LogP) is 1.19. The maximum Gasteiger partial charge on any atom is 0.295 e. The number of hydrogen-bond donors (Lipinski definition) is 2. The van der Waals surface area contributed by atoms with Gasteiger partial charge in [-0.05, 0) is 42.8 Å². The van der Waals surface area contributed by atoms with E-state index in [-0.39, 0.29) is 11.3 Å². The number of carbonyl (C=O) groups is 2. The first-order valence-corrected chi connectivity index (χ1v) is 12.4. The van der Waals surface area contributed by atoms with Crippen molar-refractivity contribution in [3.05, 3.63) is 59.2 Å². The molecule has 0 spiro atoms. The molecule has 2 aromatic rings. The number of rotatable bonds is 7. The van der Waals surface area contributed by atoms with Crippen molar-refractivity contribution in [2.24, 2.45) is 0 Å². The number of fused-ring (bicyclic) bond motifs is 1. The summed E-state index contributed by atoms with van der Waals surface area (Å²) in [6.45, 7) is 7.44. The van der Waals surface area contributed by atoms with Gasteiger partial charge in [0.25, 0.3) is 11.7 Å². The number of Topliss-reactive ketones (excluding diaryl/α,β-unsaturated/α-hetero) is 1. The van der Waals surface area contributed by atoms with E-state index in [1.807, 2.05) is 31.2 Å². The molecule has 2 aromatic carbocycles. The van der Waals surface area contributed by atoms with Gasteiger partial charge in [0, 0.05) is 5.56 Å². The summed E-state index contributed by atoms with van der Waals surface area (Å²) in [5.74, 6) is 0.231. The number of hydrogen-bond acceptors (Lipinski definition) is 7. The molecule has 3 aliphatic rings. The largest absolute Gasteiger partial charge is 0.507 e. The van der Waals surface area contributed by atoms with Crippen molar-refractivity contribution in [2.75, 3.05) is 59.2 Å². The van der Waals surface area contributed by atoms with Gasteiger partial charge in [-0.3, -0.25) is 9.59 Å². The number of aliphatic hydroxyl groups is 1. The van der Waals surface area contributed by atoms with Crippen molar-refractivity contribution >= 4 is 17.4 Å². The molecule has 2 fully saturated rings. The molecule has 1 amide bonds. The molecule has 0 aliphatic carbocycles. The fourth-order valence-corrected chi connectivity index (χ4v) is 4.91. The second kappa shape index (κ2) is 10.6. The highest BCUT2D eigenvalue weighted by Crippen LogP contribution is 2.41. The van der Waals surface area contributed by atoms with Crippen LogP contribution in [0.3, 0.4) is 0 Å². The highest BCUT2D eigenvalue weighted by Gasteiger charge is 2.46. The van der Waals surface area contributed by atoms with E-state index in [1.54, 1.807) is 23.1 Å². The fourth-order valence-electron chi connectivity index (χ4n) is 4.91. The predicted molar refractivity (Wildman–Crippen MR) is 130 cm³/mol. The van der Waals surface area contributed by atoms with Gasteiger partial charge < -0.3 is 33.9 Å². The summed E-state index contributed by atoms with van der Waals surface area (Å²) in [6.07, 6.45) is 0. The van der Waals surface area contributed by atoms with E-state index in [1.165, 1.54) is 4.90 Å². The molecule has 9 nitrogen and oxygen atoms in total. The number of carbonyl (C=O) groups excluding carboxylic acids is 2. The Morgan fingerprint density at radius 2 is 1.75 bits per heavy atom. The lowest BCUT2D eigenvalue weighted by Gasteiger charge is -2.29. The molecule has 3 aliphatic heterocycles. The van der Waals surface area contributed by atoms with E-state index in [0.29, 0.717) is 68.9 Å². The minimum absolute atomic E-state index is 0.0674. The number of ketones is 1. The smallest absolute Gasteiger partial charge is 0.295 e. The maximum absolute atomic E-state index is 13.3. The first-order valence-electron chi connectivity index (χ1n) is 12.4. The van der Waals surface area contributed by atoms with Crippen LogP contribution in [0.25, 0.3) is 5.76 Å². The second-order valence-electron chi connectivity index (χ2n) is 8.97. The van der Waals surface area contributed by atoms with Crippen LogP contribution in [0.1, 0.15) is 24.1 Å². The van der Waals surface area contributed by atoms with Gasteiger partial charge in [-0.25, -0.2) is 0 Å². The molecule has 1 atom stereocenters. The van der Waals surface area contributed by atoms with Crippen LogP contribution >= 0.6 is 0 Å². The quantitative estimate of drug-likeness (QED) is 0.338. The Hall–Kier alpha value is -3.56. The fraction of sp³-hybridized carbons (Fsp3) is 0.407. The lowest BCUT2D eigenvalue weighted by atomic mass is 9.95. The standard InChI is InChI=1S/C27H30N2O7/c1-2-34-20-6-3-18(4-7-20)24-23(25(30)19-5-8-21-22(17-19)36-16-15-35-21)26(31)27(32)29(24)10-9-28-11-13-33-14-12-28/h3-8,17,24,30H,2,9-16H2,1H3/p+1/t24-/m1/s1. The molecule has 190 valence electrons. The average Bonchev–Trinajstić information content (AvgIpc) is 3.17. The summed E-state index contributed by atoms with van der Waals surface area (Å²) in [7, 11) is 0. The van der Waals surface area contributed by atoms with Crippen LogP contribution in [0, 0.1) is 0 Å². The summed E-state index contributed by atoms with van der Waals surface area (Å²) < 4.78 is 22.2. The molecule has 36 heavy (non-hydrogen) atoms. The highest BCUT2D eigenvalue weighted by atomic mass is 16.6. The normalized spacial score (nSPS) is 21.6. The summed E-state index contributed by atoms with van der Waals surface area (Å²) >= 11 is 0. The second-order valence-corrected chi connectivity index (χ2v) is 8.97. The van der Waals surface area contributed by atoms with Crippen molar-refractivity contribution in [3.8, 4) is 17.2 Å². The number of aliphatic hydroxyl groups excluding tert-OH is 1. The molecule has 0 saturated carbocycles. The number of morpholine rings is 1. The topological polar surface area (TPSA) is 99.0 Å². The van der Waals surface area contributed by atoms with E-state index in [9.17, 15) is 14.7 Å². The van der Waals surface area contributed by atoms with Gasteiger partial charge in [-0.2, -0.15) is 0 Å². The first-order chi connectivity index (χ1) is 17.6. The molecule has 0 aromatic heterocycles. The molecule has 9 heteroatoms. The molecule has 0 bridgehead atoms.